The van der Waals surface area contributed by atoms with Crippen molar-refractivity contribution in [3.63, 3.8) is 0 Å². The predicted molar refractivity (Wildman–Crippen MR) is 64.4 cm³/mol. The van der Waals surface area contributed by atoms with Crippen molar-refractivity contribution in [1.82, 2.24) is 10.2 Å². The Morgan fingerprint density at radius 2 is 2.06 bits per heavy atom. The molecule has 2 atom stereocenters. The summed E-state index contributed by atoms with van der Waals surface area (Å²) in [7, 11) is 0. The van der Waals surface area contributed by atoms with Gasteiger partial charge in [-0.3, -0.25) is 0 Å². The quantitative estimate of drug-likeness (QED) is 0.768. The van der Waals surface area contributed by atoms with Crippen LogP contribution in [-0.4, -0.2) is 55.0 Å². The molecule has 1 rings (SSSR count). The molecule has 108 valence electrons. The van der Waals surface area contributed by atoms with E-state index in [0.717, 1.165) is 25.9 Å². The van der Waals surface area contributed by atoms with Crippen LogP contribution < -0.4 is 5.32 Å². The highest BCUT2D eigenvalue weighted by molar-refractivity contribution is 4.84. The van der Waals surface area contributed by atoms with Crippen LogP contribution in [0.25, 0.3) is 0 Å². The predicted octanol–water partition coefficient (Wildman–Crippen LogP) is 1.62. The molecule has 0 amide bonds. The second kappa shape index (κ2) is 7.31. The summed E-state index contributed by atoms with van der Waals surface area (Å²) in [5, 5.41) is 11.6. The number of rotatable bonds is 6. The number of nitrogens with one attached hydrogen (secondary N) is 1. The molecule has 2 N–H and O–H groups in total. The summed E-state index contributed by atoms with van der Waals surface area (Å²) in [4.78, 5) is 2.19. The lowest BCUT2D eigenvalue weighted by molar-refractivity contribution is -0.127. The Bertz CT molecular complexity index is 222. The zero-order valence-corrected chi connectivity index (χ0v) is 10.8. The molecule has 2 unspecified atom stereocenters. The summed E-state index contributed by atoms with van der Waals surface area (Å²) < 4.78 is 36.6. The summed E-state index contributed by atoms with van der Waals surface area (Å²) >= 11 is 0. The van der Waals surface area contributed by atoms with Gasteiger partial charge in [-0.2, -0.15) is 13.2 Å². The van der Waals surface area contributed by atoms with E-state index in [1.807, 2.05) is 0 Å². The van der Waals surface area contributed by atoms with E-state index in [1.165, 1.54) is 0 Å². The van der Waals surface area contributed by atoms with E-state index in [4.69, 9.17) is 5.11 Å². The Morgan fingerprint density at radius 3 is 2.61 bits per heavy atom. The Balaban J connectivity index is 2.44. The van der Waals surface area contributed by atoms with Crippen molar-refractivity contribution in [2.75, 3.05) is 32.8 Å². The second-order valence-corrected chi connectivity index (χ2v) is 5.07. The number of hydrogen-bond donors (Lipinski definition) is 2. The third-order valence-corrected chi connectivity index (χ3v) is 3.28. The van der Waals surface area contributed by atoms with Gasteiger partial charge in [0.1, 0.15) is 0 Å². The van der Waals surface area contributed by atoms with Crippen LogP contribution in [0.1, 0.15) is 26.2 Å². The fourth-order valence-electron chi connectivity index (χ4n) is 2.60. The van der Waals surface area contributed by atoms with Crippen LogP contribution in [0.15, 0.2) is 0 Å². The molecule has 0 aliphatic carbocycles. The molecule has 0 spiro atoms. The topological polar surface area (TPSA) is 35.5 Å². The van der Waals surface area contributed by atoms with Gasteiger partial charge in [-0.25, -0.2) is 0 Å². The van der Waals surface area contributed by atoms with Crippen LogP contribution in [-0.2, 0) is 0 Å². The van der Waals surface area contributed by atoms with Gasteiger partial charge in [-0.15, -0.1) is 0 Å². The minimum atomic E-state index is -4.15. The maximum absolute atomic E-state index is 12.2. The van der Waals surface area contributed by atoms with Crippen molar-refractivity contribution in [2.24, 2.45) is 5.92 Å². The van der Waals surface area contributed by atoms with Gasteiger partial charge in [0.05, 0.1) is 6.54 Å². The molecule has 1 aliphatic rings. The maximum Gasteiger partial charge on any atom is 0.401 e. The van der Waals surface area contributed by atoms with E-state index >= 15 is 0 Å². The summed E-state index contributed by atoms with van der Waals surface area (Å²) in [5.74, 6) is 0.293. The number of aliphatic hydroxyl groups excluding tert-OH is 1. The average Bonchev–Trinajstić information content (AvgIpc) is 2.26. The first kappa shape index (κ1) is 15.7. The minimum absolute atomic E-state index is 0.108. The van der Waals surface area contributed by atoms with Gasteiger partial charge >= 0.3 is 6.18 Å². The molecule has 6 heteroatoms. The van der Waals surface area contributed by atoms with Crippen LogP contribution >= 0.6 is 0 Å². The van der Waals surface area contributed by atoms with E-state index < -0.39 is 12.7 Å². The minimum Gasteiger partial charge on any atom is -0.396 e. The lowest BCUT2D eigenvalue weighted by atomic mass is 9.91. The number of aliphatic hydroxyl groups is 1. The first-order chi connectivity index (χ1) is 8.44. The number of alkyl halides is 3. The smallest absolute Gasteiger partial charge is 0.396 e. The first-order valence-corrected chi connectivity index (χ1v) is 6.58. The van der Waals surface area contributed by atoms with Crippen LogP contribution in [0.2, 0.25) is 0 Å². The summed E-state index contributed by atoms with van der Waals surface area (Å²) in [5.41, 5.74) is 0. The molecule has 0 radical (unpaired) electrons. The molecule has 3 nitrogen and oxygen atoms in total. The van der Waals surface area contributed by atoms with Crippen molar-refractivity contribution >= 4 is 0 Å². The molecule has 1 aliphatic heterocycles. The van der Waals surface area contributed by atoms with Gasteiger partial charge < -0.3 is 15.3 Å². The molecule has 1 heterocycles. The fourth-order valence-corrected chi connectivity index (χ4v) is 2.60. The van der Waals surface area contributed by atoms with Crippen molar-refractivity contribution in [1.29, 1.82) is 0 Å². The number of halogens is 3. The third kappa shape index (κ3) is 6.02. The molecule has 1 saturated heterocycles. The first-order valence-electron chi connectivity index (χ1n) is 6.58. The molecule has 0 bridgehead atoms. The SMILES string of the molecule is CCCN1CC(CCO)CC(NCC(F)(F)F)C1. The van der Waals surface area contributed by atoms with Gasteiger partial charge in [-0.05, 0) is 31.7 Å². The van der Waals surface area contributed by atoms with Crippen molar-refractivity contribution in [3.05, 3.63) is 0 Å². The zero-order valence-electron chi connectivity index (χ0n) is 10.8. The van der Waals surface area contributed by atoms with Gasteiger partial charge in [0.25, 0.3) is 0 Å². The molecule has 0 aromatic heterocycles. The van der Waals surface area contributed by atoms with Crippen molar-refractivity contribution in [3.8, 4) is 0 Å². The van der Waals surface area contributed by atoms with Crippen molar-refractivity contribution < 1.29 is 18.3 Å². The molecule has 0 aromatic carbocycles. The van der Waals surface area contributed by atoms with Gasteiger partial charge in [0, 0.05) is 25.7 Å². The van der Waals surface area contributed by atoms with Crippen LogP contribution in [0.5, 0.6) is 0 Å². The summed E-state index contributed by atoms with van der Waals surface area (Å²) in [6.07, 6.45) is -1.77. The number of nitrogens with zero attached hydrogens (tertiary/aromatic N) is 1. The van der Waals surface area contributed by atoms with E-state index in [1.54, 1.807) is 0 Å². The summed E-state index contributed by atoms with van der Waals surface area (Å²) in [6.45, 7) is 3.71. The Kier molecular flexibility index (Phi) is 6.38. The Labute approximate surface area is 106 Å². The lowest BCUT2D eigenvalue weighted by Crippen LogP contribution is -2.51. The van der Waals surface area contributed by atoms with E-state index in [9.17, 15) is 13.2 Å². The van der Waals surface area contributed by atoms with Gasteiger partial charge in [0.2, 0.25) is 0 Å². The second-order valence-electron chi connectivity index (χ2n) is 5.07. The highest BCUT2D eigenvalue weighted by Gasteiger charge is 2.31. The number of hydrogen-bond acceptors (Lipinski definition) is 3. The average molecular weight is 268 g/mol. The molecule has 0 saturated carbocycles. The van der Waals surface area contributed by atoms with Crippen molar-refractivity contribution in [2.45, 2.75) is 38.4 Å². The van der Waals surface area contributed by atoms with Crippen LogP contribution in [0.3, 0.4) is 0 Å². The van der Waals surface area contributed by atoms with Gasteiger partial charge in [0.15, 0.2) is 0 Å². The lowest BCUT2D eigenvalue weighted by Gasteiger charge is -2.38. The Morgan fingerprint density at radius 1 is 1.33 bits per heavy atom. The highest BCUT2D eigenvalue weighted by Crippen LogP contribution is 2.21. The third-order valence-electron chi connectivity index (χ3n) is 3.28. The van der Waals surface area contributed by atoms with E-state index in [-0.39, 0.29) is 12.6 Å². The van der Waals surface area contributed by atoms with Gasteiger partial charge in [-0.1, -0.05) is 6.92 Å². The monoisotopic (exact) mass is 268 g/mol. The Hall–Kier alpha value is -0.330. The summed E-state index contributed by atoms with van der Waals surface area (Å²) in [6, 6.07) is -0.122. The van der Waals surface area contributed by atoms with Crippen LogP contribution in [0, 0.1) is 5.92 Å². The standard InChI is InChI=1S/C12H23F3N2O/c1-2-4-17-7-10(3-5-18)6-11(8-17)16-9-12(13,14)15/h10-11,16,18H,2-9H2,1H3. The van der Waals surface area contributed by atoms with Crippen LogP contribution in [0.4, 0.5) is 13.2 Å². The highest BCUT2D eigenvalue weighted by atomic mass is 19.4. The van der Waals surface area contributed by atoms with E-state index in [0.29, 0.717) is 18.9 Å². The maximum atomic E-state index is 12.2. The number of likely N-dealkylation sites (tertiary alicyclic amines) is 1. The normalized spacial score (nSPS) is 26.5. The number of piperidine rings is 1. The molecule has 18 heavy (non-hydrogen) atoms. The largest absolute Gasteiger partial charge is 0.401 e. The fraction of sp³-hybridized carbons (Fsp3) is 1.00. The van der Waals surface area contributed by atoms with E-state index in [2.05, 4.69) is 17.1 Å². The zero-order chi connectivity index (χ0) is 13.6. The molecule has 1 fully saturated rings. The molecule has 0 aromatic rings. The molecular weight excluding hydrogens is 245 g/mol. The molecular formula is C12H23F3N2O.